The number of thiophene rings is 1. The minimum absolute atomic E-state index is 0.0291. The summed E-state index contributed by atoms with van der Waals surface area (Å²) in [5.41, 5.74) is 0.767. The molecule has 1 aliphatic heterocycles. The van der Waals surface area contributed by atoms with Crippen LogP contribution in [0.2, 0.25) is 0 Å². The van der Waals surface area contributed by atoms with E-state index in [0.717, 1.165) is 30.8 Å². The highest BCUT2D eigenvalue weighted by molar-refractivity contribution is 7.10. The van der Waals surface area contributed by atoms with Gasteiger partial charge in [0.25, 0.3) is 0 Å². The molecule has 0 radical (unpaired) electrons. The topological polar surface area (TPSA) is 41.6 Å². The van der Waals surface area contributed by atoms with E-state index in [9.17, 15) is 4.79 Å². The second-order valence-corrected chi connectivity index (χ2v) is 6.72. The highest BCUT2D eigenvalue weighted by atomic mass is 32.1. The second-order valence-electron chi connectivity index (χ2n) is 5.74. The zero-order valence-corrected chi connectivity index (χ0v) is 14.1. The number of hydrogen-bond donors (Lipinski definition) is 1. The minimum atomic E-state index is -0.0291. The summed E-state index contributed by atoms with van der Waals surface area (Å²) in [6, 6.07) is 11.8. The van der Waals surface area contributed by atoms with Gasteiger partial charge in [-0.2, -0.15) is 0 Å². The Morgan fingerprint density at radius 3 is 2.96 bits per heavy atom. The van der Waals surface area contributed by atoms with Crippen LogP contribution < -0.4 is 10.1 Å². The number of methoxy groups -OCH3 is 1. The molecule has 1 fully saturated rings. The van der Waals surface area contributed by atoms with Gasteiger partial charge in [0.2, 0.25) is 0 Å². The molecule has 1 aromatic heterocycles. The number of rotatable bonds is 3. The van der Waals surface area contributed by atoms with Gasteiger partial charge in [-0.15, -0.1) is 11.3 Å². The first-order valence-corrected chi connectivity index (χ1v) is 8.91. The Labute approximate surface area is 141 Å². The maximum Gasteiger partial charge on any atom is 0.322 e. The molecule has 1 aliphatic rings. The van der Waals surface area contributed by atoms with Gasteiger partial charge in [-0.3, -0.25) is 0 Å². The van der Waals surface area contributed by atoms with Crippen LogP contribution in [0.3, 0.4) is 0 Å². The molecule has 0 aliphatic carbocycles. The van der Waals surface area contributed by atoms with Gasteiger partial charge in [0.1, 0.15) is 5.75 Å². The van der Waals surface area contributed by atoms with Crippen molar-refractivity contribution in [2.45, 2.75) is 31.7 Å². The van der Waals surface area contributed by atoms with E-state index in [-0.39, 0.29) is 12.1 Å². The van der Waals surface area contributed by atoms with Crippen molar-refractivity contribution in [2.24, 2.45) is 0 Å². The summed E-state index contributed by atoms with van der Waals surface area (Å²) in [6.45, 7) is 0.804. The van der Waals surface area contributed by atoms with Crippen LogP contribution in [-0.4, -0.2) is 24.6 Å². The third-order valence-corrected chi connectivity index (χ3v) is 5.18. The summed E-state index contributed by atoms with van der Waals surface area (Å²) in [4.78, 5) is 16.1. The molecule has 5 heteroatoms. The molecule has 1 N–H and O–H groups in total. The number of ether oxygens (including phenoxy) is 1. The molecule has 2 aromatic rings. The van der Waals surface area contributed by atoms with Crippen molar-refractivity contribution < 1.29 is 9.53 Å². The molecule has 0 saturated carbocycles. The molecule has 4 nitrogen and oxygen atoms in total. The lowest BCUT2D eigenvalue weighted by Gasteiger charge is -2.29. The summed E-state index contributed by atoms with van der Waals surface area (Å²) in [5, 5.41) is 5.10. The molecule has 1 aromatic carbocycles. The van der Waals surface area contributed by atoms with Crippen LogP contribution in [0.15, 0.2) is 41.8 Å². The van der Waals surface area contributed by atoms with Gasteiger partial charge in [-0.25, -0.2) is 4.79 Å². The van der Waals surface area contributed by atoms with Gasteiger partial charge >= 0.3 is 6.03 Å². The zero-order valence-electron chi connectivity index (χ0n) is 13.3. The number of carbonyl (C=O) groups excluding carboxylic acids is 1. The molecular formula is C18H22N2O2S. The van der Waals surface area contributed by atoms with Crippen LogP contribution in [0.1, 0.15) is 36.6 Å². The lowest BCUT2D eigenvalue weighted by Crippen LogP contribution is -2.37. The van der Waals surface area contributed by atoms with E-state index in [1.54, 1.807) is 18.4 Å². The predicted octanol–water partition coefficient (Wildman–Crippen LogP) is 4.91. The number of amides is 2. The third kappa shape index (κ3) is 3.85. The normalized spacial score (nSPS) is 18.3. The Hall–Kier alpha value is -2.01. The van der Waals surface area contributed by atoms with Crippen molar-refractivity contribution in [1.29, 1.82) is 0 Å². The first-order chi connectivity index (χ1) is 11.3. The monoisotopic (exact) mass is 330 g/mol. The van der Waals surface area contributed by atoms with E-state index in [1.807, 2.05) is 29.2 Å². The van der Waals surface area contributed by atoms with Gasteiger partial charge in [0.15, 0.2) is 0 Å². The van der Waals surface area contributed by atoms with Crippen LogP contribution in [-0.2, 0) is 0 Å². The van der Waals surface area contributed by atoms with Gasteiger partial charge in [0, 0.05) is 23.2 Å². The number of benzene rings is 1. The van der Waals surface area contributed by atoms with E-state index in [4.69, 9.17) is 4.74 Å². The first-order valence-electron chi connectivity index (χ1n) is 8.03. The number of likely N-dealkylation sites (tertiary alicyclic amines) is 1. The molecule has 3 rings (SSSR count). The van der Waals surface area contributed by atoms with E-state index >= 15 is 0 Å². The van der Waals surface area contributed by atoms with E-state index in [0.29, 0.717) is 0 Å². The molecule has 23 heavy (non-hydrogen) atoms. The van der Waals surface area contributed by atoms with Crippen molar-refractivity contribution in [1.82, 2.24) is 4.90 Å². The van der Waals surface area contributed by atoms with Gasteiger partial charge in [-0.05, 0) is 36.4 Å². The van der Waals surface area contributed by atoms with Crippen molar-refractivity contribution >= 4 is 23.1 Å². The molecule has 0 unspecified atom stereocenters. The number of nitrogens with zero attached hydrogens (tertiary/aromatic N) is 1. The van der Waals surface area contributed by atoms with E-state index in [2.05, 4.69) is 22.8 Å². The van der Waals surface area contributed by atoms with E-state index in [1.165, 1.54) is 17.7 Å². The van der Waals surface area contributed by atoms with Crippen LogP contribution >= 0.6 is 11.3 Å². The molecule has 1 saturated heterocycles. The lowest BCUT2D eigenvalue weighted by atomic mass is 10.1. The number of anilines is 1. The molecular weight excluding hydrogens is 308 g/mol. The fourth-order valence-electron chi connectivity index (χ4n) is 3.02. The summed E-state index contributed by atoms with van der Waals surface area (Å²) in [7, 11) is 1.63. The number of urea groups is 1. The average molecular weight is 330 g/mol. The number of hydrogen-bond acceptors (Lipinski definition) is 3. The molecule has 122 valence electrons. The summed E-state index contributed by atoms with van der Waals surface area (Å²) in [5.74, 6) is 0.744. The molecule has 0 spiro atoms. The van der Waals surface area contributed by atoms with Crippen molar-refractivity contribution in [3.63, 3.8) is 0 Å². The molecule has 2 heterocycles. The summed E-state index contributed by atoms with van der Waals surface area (Å²) in [6.07, 6.45) is 4.45. The Bertz CT molecular complexity index is 642. The quantitative estimate of drug-likeness (QED) is 0.869. The maximum absolute atomic E-state index is 12.8. The van der Waals surface area contributed by atoms with E-state index < -0.39 is 0 Å². The Balaban J connectivity index is 1.77. The number of carbonyl (C=O) groups is 1. The fourth-order valence-corrected chi connectivity index (χ4v) is 3.90. The predicted molar refractivity (Wildman–Crippen MR) is 94.2 cm³/mol. The smallest absolute Gasteiger partial charge is 0.322 e. The second kappa shape index (κ2) is 7.51. The molecule has 0 bridgehead atoms. The standard InChI is InChI=1S/C18H22N2O2S/c1-22-15-8-5-7-14(13-15)19-18(21)20-11-4-2-3-9-16(20)17-10-6-12-23-17/h5-8,10,12-13,16H,2-4,9,11H2,1H3,(H,19,21)/t16-/m0/s1. The average Bonchev–Trinajstić information content (AvgIpc) is 2.99. The Morgan fingerprint density at radius 2 is 2.17 bits per heavy atom. The van der Waals surface area contributed by atoms with Crippen molar-refractivity contribution in [3.8, 4) is 5.75 Å². The maximum atomic E-state index is 12.8. The van der Waals surface area contributed by atoms with Crippen molar-refractivity contribution in [3.05, 3.63) is 46.7 Å². The minimum Gasteiger partial charge on any atom is -0.497 e. The van der Waals surface area contributed by atoms with Crippen LogP contribution in [0.25, 0.3) is 0 Å². The van der Waals surface area contributed by atoms with Crippen LogP contribution in [0.5, 0.6) is 5.75 Å². The van der Waals surface area contributed by atoms with Crippen LogP contribution in [0, 0.1) is 0 Å². The van der Waals surface area contributed by atoms with Gasteiger partial charge in [-0.1, -0.05) is 25.0 Å². The zero-order chi connectivity index (χ0) is 16.1. The first kappa shape index (κ1) is 15.9. The SMILES string of the molecule is COc1cccc(NC(=O)N2CCCCC[C@H]2c2cccs2)c1. The number of nitrogens with one attached hydrogen (secondary N) is 1. The summed E-state index contributed by atoms with van der Waals surface area (Å²) >= 11 is 1.73. The summed E-state index contributed by atoms with van der Waals surface area (Å²) < 4.78 is 5.22. The van der Waals surface area contributed by atoms with Crippen LogP contribution in [0.4, 0.5) is 10.5 Å². The van der Waals surface area contributed by atoms with Gasteiger partial charge in [0.05, 0.1) is 13.2 Å². The lowest BCUT2D eigenvalue weighted by molar-refractivity contribution is 0.190. The third-order valence-electron chi connectivity index (χ3n) is 4.21. The molecule has 1 atom stereocenters. The highest BCUT2D eigenvalue weighted by Gasteiger charge is 2.27. The van der Waals surface area contributed by atoms with Crippen molar-refractivity contribution in [2.75, 3.05) is 19.0 Å². The Kier molecular flexibility index (Phi) is 5.18. The van der Waals surface area contributed by atoms with Gasteiger partial charge < -0.3 is 15.0 Å². The Morgan fingerprint density at radius 1 is 1.26 bits per heavy atom. The molecule has 2 amide bonds. The largest absolute Gasteiger partial charge is 0.497 e. The fraction of sp³-hybridized carbons (Fsp3) is 0.389. The highest BCUT2D eigenvalue weighted by Crippen LogP contribution is 2.33.